The van der Waals surface area contributed by atoms with Crippen LogP contribution in [0.1, 0.15) is 18.1 Å². The number of nitrogens with zero attached hydrogens (tertiary/aromatic N) is 4. The van der Waals surface area contributed by atoms with Gasteiger partial charge in [-0.3, -0.25) is 9.47 Å². The number of hydrogen-bond acceptors (Lipinski definition) is 8. The lowest BCUT2D eigenvalue weighted by molar-refractivity contribution is -0.189. The van der Waals surface area contributed by atoms with E-state index in [0.29, 0.717) is 24.5 Å². The highest BCUT2D eigenvalue weighted by molar-refractivity contribution is 7.80. The van der Waals surface area contributed by atoms with Crippen molar-refractivity contribution in [1.82, 2.24) is 19.7 Å². The van der Waals surface area contributed by atoms with E-state index in [1.54, 1.807) is 6.92 Å². The smallest absolute Gasteiger partial charge is 0.491 e. The van der Waals surface area contributed by atoms with Gasteiger partial charge < -0.3 is 14.6 Å². The van der Waals surface area contributed by atoms with Gasteiger partial charge in [0.15, 0.2) is 11.0 Å². The van der Waals surface area contributed by atoms with Crippen LogP contribution in [-0.4, -0.2) is 63.2 Å². The molecule has 1 aliphatic rings. The average Bonchev–Trinajstić information content (AvgIpc) is 3.25. The van der Waals surface area contributed by atoms with Crippen molar-refractivity contribution in [2.24, 2.45) is 0 Å². The van der Waals surface area contributed by atoms with Crippen LogP contribution in [0.15, 0.2) is 41.6 Å². The first-order valence-electron chi connectivity index (χ1n) is 11.3. The van der Waals surface area contributed by atoms with E-state index in [4.69, 9.17) is 4.74 Å². The maximum absolute atomic E-state index is 13.0. The van der Waals surface area contributed by atoms with Crippen LogP contribution in [0.4, 0.5) is 13.2 Å². The molecule has 0 aliphatic carbocycles. The van der Waals surface area contributed by atoms with Gasteiger partial charge in [-0.1, -0.05) is 18.1 Å². The van der Waals surface area contributed by atoms with Crippen molar-refractivity contribution >= 4 is 18.6 Å². The highest BCUT2D eigenvalue weighted by Crippen LogP contribution is 2.38. The summed E-state index contributed by atoms with van der Waals surface area (Å²) in [5.74, 6) is 2.22. The van der Waals surface area contributed by atoms with Crippen LogP contribution in [0.3, 0.4) is 0 Å². The molecule has 0 saturated carbocycles. The number of carbonyl (C=O) groups is 1. The topological polar surface area (TPSA) is 89.7 Å². The van der Waals surface area contributed by atoms with Crippen LogP contribution in [0, 0.1) is 11.8 Å². The summed E-state index contributed by atoms with van der Waals surface area (Å²) in [5, 5.41) is 18.6. The van der Waals surface area contributed by atoms with Crippen LogP contribution >= 0.6 is 12.6 Å². The van der Waals surface area contributed by atoms with Crippen LogP contribution in [-0.2, 0) is 22.5 Å². The number of benzene rings is 2. The molecule has 1 fully saturated rings. The van der Waals surface area contributed by atoms with Gasteiger partial charge in [0.05, 0.1) is 18.8 Å². The number of hydrogen-bond donors (Lipinski definition) is 2. The van der Waals surface area contributed by atoms with Gasteiger partial charge in [0.25, 0.3) is 0 Å². The van der Waals surface area contributed by atoms with Crippen LogP contribution in [0.5, 0.6) is 11.5 Å². The normalized spacial score (nSPS) is 14.2. The number of carbonyl (C=O) groups excluding carboxylic acids is 1. The Morgan fingerprint density at radius 3 is 2.54 bits per heavy atom. The predicted octanol–water partition coefficient (Wildman–Crippen LogP) is 3.79. The first-order chi connectivity index (χ1) is 17.7. The number of esters is 1. The number of morpholine rings is 1. The summed E-state index contributed by atoms with van der Waals surface area (Å²) in [7, 11) is 0. The van der Waals surface area contributed by atoms with Crippen molar-refractivity contribution in [3.8, 4) is 40.4 Å². The molecule has 4 rings (SSSR count). The summed E-state index contributed by atoms with van der Waals surface area (Å²) in [4.78, 5) is 13.9. The maximum atomic E-state index is 13.0. The van der Waals surface area contributed by atoms with Crippen molar-refractivity contribution in [2.75, 3.05) is 26.3 Å². The van der Waals surface area contributed by atoms with Crippen LogP contribution < -0.4 is 4.74 Å². The average molecular weight is 533 g/mol. The number of halogens is 3. The molecule has 1 saturated heterocycles. The molecule has 0 spiro atoms. The second-order valence-electron chi connectivity index (χ2n) is 8.18. The van der Waals surface area contributed by atoms with Crippen molar-refractivity contribution in [1.29, 1.82) is 0 Å². The van der Waals surface area contributed by atoms with Crippen molar-refractivity contribution in [3.05, 3.63) is 47.5 Å². The molecule has 2 heterocycles. The van der Waals surface area contributed by atoms with E-state index in [2.05, 4.69) is 44.3 Å². The third-order valence-electron chi connectivity index (χ3n) is 5.66. The number of ether oxygens (including phenoxy) is 2. The fourth-order valence-electron chi connectivity index (χ4n) is 3.81. The molecule has 2 aromatic carbocycles. The predicted molar refractivity (Wildman–Crippen MR) is 131 cm³/mol. The Balaban J connectivity index is 1.74. The molecule has 0 atom stereocenters. The highest BCUT2D eigenvalue weighted by atomic mass is 32.1. The molecule has 1 N–H and O–H groups in total. The number of aromatic nitrogens is 3. The minimum absolute atomic E-state index is 0.00787. The number of phenolic OH excluding ortho intramolecular Hbond substituents is 1. The van der Waals surface area contributed by atoms with Crippen molar-refractivity contribution in [2.45, 2.75) is 31.2 Å². The molecule has 3 aromatic rings. The number of phenols is 1. The Hall–Kier alpha value is -3.53. The summed E-state index contributed by atoms with van der Waals surface area (Å²) < 4.78 is 50.4. The molecule has 0 unspecified atom stereocenters. The molecule has 1 aromatic heterocycles. The molecule has 0 bridgehead atoms. The summed E-state index contributed by atoms with van der Waals surface area (Å²) in [6.07, 6.45) is -5.13. The number of rotatable bonds is 6. The Morgan fingerprint density at radius 1 is 1.19 bits per heavy atom. The van der Waals surface area contributed by atoms with Gasteiger partial charge in [0, 0.05) is 43.4 Å². The Morgan fingerprint density at radius 2 is 1.89 bits per heavy atom. The molecular weight excluding hydrogens is 509 g/mol. The highest BCUT2D eigenvalue weighted by Gasteiger charge is 2.42. The van der Waals surface area contributed by atoms with E-state index >= 15 is 0 Å². The fourth-order valence-corrected chi connectivity index (χ4v) is 4.07. The standard InChI is InChI=1S/C25H23F3N4O4S/c1-2-3-4-17-13-19(21(14-20(17)33)36-23(34)25(26,27)28)22-29-30-24(37)32(22)18-7-5-16(6-8-18)15-31-9-11-35-12-10-31/h5-8,13-14,33H,4,9-12,15H2,1H3,(H,30,37). The SMILES string of the molecule is CC#CCc1cc(-c2nnc(S)n2-c2ccc(CN3CCOCC3)cc2)c(OC(=O)C(F)(F)F)cc1O. The summed E-state index contributed by atoms with van der Waals surface area (Å²) in [6, 6.07) is 9.78. The lowest BCUT2D eigenvalue weighted by Gasteiger charge is -2.26. The molecule has 194 valence electrons. The first kappa shape index (κ1) is 26.5. The van der Waals surface area contributed by atoms with E-state index in [1.165, 1.54) is 10.6 Å². The third-order valence-corrected chi connectivity index (χ3v) is 5.95. The fraction of sp³-hybridized carbons (Fsp3) is 0.320. The minimum atomic E-state index is -5.24. The van der Waals surface area contributed by atoms with E-state index in [9.17, 15) is 23.1 Å². The molecule has 0 amide bonds. The van der Waals surface area contributed by atoms with Gasteiger partial charge in [-0.15, -0.1) is 28.7 Å². The number of thiol groups is 1. The Kier molecular flexibility index (Phi) is 8.06. The molecule has 0 radical (unpaired) electrons. The molecule has 12 heteroatoms. The Bertz CT molecular complexity index is 1340. The van der Waals surface area contributed by atoms with E-state index in [0.717, 1.165) is 31.3 Å². The molecular formula is C25H23F3N4O4S. The molecule has 1 aliphatic heterocycles. The van der Waals surface area contributed by atoms with Crippen molar-refractivity contribution < 1.29 is 32.5 Å². The van der Waals surface area contributed by atoms with Gasteiger partial charge in [-0.25, -0.2) is 4.79 Å². The van der Waals surface area contributed by atoms with Crippen LogP contribution in [0.25, 0.3) is 17.1 Å². The maximum Gasteiger partial charge on any atom is 0.491 e. The third kappa shape index (κ3) is 6.25. The van der Waals surface area contributed by atoms with E-state index in [1.807, 2.05) is 24.3 Å². The van der Waals surface area contributed by atoms with Crippen molar-refractivity contribution in [3.63, 3.8) is 0 Å². The molecule has 8 nitrogen and oxygen atoms in total. The largest absolute Gasteiger partial charge is 0.507 e. The number of alkyl halides is 3. The monoisotopic (exact) mass is 532 g/mol. The zero-order valence-electron chi connectivity index (χ0n) is 19.7. The Labute approximate surface area is 216 Å². The lowest BCUT2D eigenvalue weighted by atomic mass is 10.0. The lowest BCUT2D eigenvalue weighted by Crippen LogP contribution is -2.35. The summed E-state index contributed by atoms with van der Waals surface area (Å²) >= 11 is 4.37. The zero-order chi connectivity index (χ0) is 26.6. The van der Waals surface area contributed by atoms with Crippen LogP contribution in [0.2, 0.25) is 0 Å². The first-order valence-corrected chi connectivity index (χ1v) is 11.7. The summed E-state index contributed by atoms with van der Waals surface area (Å²) in [6.45, 7) is 5.40. The minimum Gasteiger partial charge on any atom is -0.507 e. The molecule has 37 heavy (non-hydrogen) atoms. The van der Waals surface area contributed by atoms with E-state index < -0.39 is 17.9 Å². The summed E-state index contributed by atoms with van der Waals surface area (Å²) in [5.41, 5.74) is 1.97. The number of aromatic hydroxyl groups is 1. The van der Waals surface area contributed by atoms with Gasteiger partial charge in [0.1, 0.15) is 11.5 Å². The van der Waals surface area contributed by atoms with Gasteiger partial charge in [-0.05, 0) is 30.7 Å². The van der Waals surface area contributed by atoms with Gasteiger partial charge >= 0.3 is 12.1 Å². The second-order valence-corrected chi connectivity index (χ2v) is 8.58. The second kappa shape index (κ2) is 11.2. The zero-order valence-corrected chi connectivity index (χ0v) is 20.6. The van der Waals surface area contributed by atoms with Gasteiger partial charge in [0.2, 0.25) is 0 Å². The van der Waals surface area contributed by atoms with Gasteiger partial charge in [-0.2, -0.15) is 13.2 Å². The van der Waals surface area contributed by atoms with E-state index in [-0.39, 0.29) is 28.7 Å². The quantitative estimate of drug-likeness (QED) is 0.216.